The molecule has 164 valence electrons. The predicted octanol–water partition coefficient (Wildman–Crippen LogP) is 6.51. The number of ether oxygens (including phenoxy) is 2. The number of carbonyl (C=O) groups is 2. The predicted molar refractivity (Wildman–Crippen MR) is 117 cm³/mol. The molecule has 0 N–H and O–H groups in total. The monoisotopic (exact) mass is 466 g/mol. The average molecular weight is 468 g/mol. The third-order valence-electron chi connectivity index (χ3n) is 4.92. The van der Waals surface area contributed by atoms with Crippen LogP contribution in [0.1, 0.15) is 60.8 Å². The highest BCUT2D eigenvalue weighted by molar-refractivity contribution is 6.51. The van der Waals surface area contributed by atoms with E-state index in [9.17, 15) is 9.59 Å². The Hall–Kier alpha value is -0.750. The summed E-state index contributed by atoms with van der Waals surface area (Å²) in [6, 6.07) is 0. The number of halogens is 3. The van der Waals surface area contributed by atoms with Gasteiger partial charge in [0.1, 0.15) is 28.6 Å². The molecule has 2 rings (SSSR count). The van der Waals surface area contributed by atoms with Crippen molar-refractivity contribution in [3.63, 3.8) is 0 Å². The molecule has 1 aliphatic heterocycles. The molecule has 0 unspecified atom stereocenters. The molecule has 0 spiro atoms. The number of likely N-dealkylation sites (tertiary alicyclic amines) is 1. The molecule has 0 aromatic heterocycles. The Balaban J connectivity index is 2.48. The summed E-state index contributed by atoms with van der Waals surface area (Å²) in [5.74, 6) is 0.193. The van der Waals surface area contributed by atoms with Gasteiger partial charge in [-0.2, -0.15) is 9.59 Å². The van der Waals surface area contributed by atoms with Crippen LogP contribution >= 0.6 is 34.8 Å². The molecule has 1 aliphatic carbocycles. The Morgan fingerprint density at radius 3 is 1.93 bits per heavy atom. The third kappa shape index (κ3) is 5.69. The van der Waals surface area contributed by atoms with Gasteiger partial charge < -0.3 is 9.47 Å². The second-order valence-electron chi connectivity index (χ2n) is 9.60. The van der Waals surface area contributed by atoms with E-state index < -0.39 is 32.2 Å². The fourth-order valence-corrected chi connectivity index (χ4v) is 4.56. The Kier molecular flexibility index (Phi) is 7.11. The second kappa shape index (κ2) is 8.41. The van der Waals surface area contributed by atoms with Gasteiger partial charge >= 0.3 is 12.2 Å². The Morgan fingerprint density at radius 2 is 1.48 bits per heavy atom. The van der Waals surface area contributed by atoms with E-state index in [1.807, 2.05) is 6.08 Å². The fraction of sp³-hybridized carbons (Fsp3) is 0.714. The van der Waals surface area contributed by atoms with E-state index in [-0.39, 0.29) is 19.0 Å². The zero-order valence-electron chi connectivity index (χ0n) is 18.0. The van der Waals surface area contributed by atoms with Crippen LogP contribution in [0.3, 0.4) is 0 Å². The number of quaternary nitrogens is 1. The first-order valence-electron chi connectivity index (χ1n) is 9.81. The van der Waals surface area contributed by atoms with Crippen LogP contribution < -0.4 is 0 Å². The van der Waals surface area contributed by atoms with Crippen LogP contribution in [0, 0.1) is 0 Å². The Labute approximate surface area is 188 Å². The lowest BCUT2D eigenvalue weighted by molar-refractivity contribution is -0.786. The lowest BCUT2D eigenvalue weighted by Crippen LogP contribution is -2.60. The molecular formula is C21H31Cl3NO4+. The van der Waals surface area contributed by atoms with Crippen LogP contribution in [-0.4, -0.2) is 51.2 Å². The van der Waals surface area contributed by atoms with Crippen LogP contribution in [0.5, 0.6) is 0 Å². The van der Waals surface area contributed by atoms with Gasteiger partial charge in [0.05, 0.1) is 0 Å². The minimum atomic E-state index is -1.07. The number of nitrogens with zero attached hydrogens (tertiary/aromatic N) is 1. The van der Waals surface area contributed by atoms with Gasteiger partial charge in [-0.25, -0.2) is 0 Å². The molecule has 29 heavy (non-hydrogen) atoms. The van der Waals surface area contributed by atoms with E-state index in [2.05, 4.69) is 0 Å². The lowest BCUT2D eigenvalue weighted by atomic mass is 9.88. The number of imide groups is 1. The first-order valence-corrected chi connectivity index (χ1v) is 11.1. The van der Waals surface area contributed by atoms with Crippen LogP contribution in [0.4, 0.5) is 9.59 Å². The molecule has 0 saturated carbocycles. The molecule has 0 aromatic rings. The van der Waals surface area contributed by atoms with E-state index >= 15 is 0 Å². The summed E-state index contributed by atoms with van der Waals surface area (Å²) in [6.45, 7) is 11.1. The molecule has 1 saturated heterocycles. The summed E-state index contributed by atoms with van der Waals surface area (Å²) < 4.78 is 9.67. The number of hydrogen-bond donors (Lipinski definition) is 0. The number of hydrogen-bond acceptors (Lipinski definition) is 4. The average Bonchev–Trinajstić information content (AvgIpc) is 2.71. The number of alkyl halides is 3. The zero-order chi connectivity index (χ0) is 22.3. The van der Waals surface area contributed by atoms with Crippen molar-refractivity contribution < 1.29 is 23.5 Å². The molecule has 1 fully saturated rings. The first-order chi connectivity index (χ1) is 13.1. The van der Waals surface area contributed by atoms with E-state index in [1.165, 1.54) is 0 Å². The SMILES string of the molecule is CC(C)(C)OC(=O)[N+]1(C(=O)OC(C)(C)C)CCC2=CCC(Cl)(Cl)C(CCl)=C2CC1. The number of fused-ring (bicyclic) bond motifs is 1. The molecule has 1 heterocycles. The van der Waals surface area contributed by atoms with Crippen molar-refractivity contribution in [2.75, 3.05) is 19.0 Å². The molecule has 2 aliphatic rings. The maximum atomic E-state index is 13.2. The number of carbonyl (C=O) groups excluding carboxylic acids is 2. The molecule has 0 bridgehead atoms. The van der Waals surface area contributed by atoms with Gasteiger partial charge in [-0.3, -0.25) is 0 Å². The minimum Gasteiger partial charge on any atom is -0.414 e. The van der Waals surface area contributed by atoms with E-state index in [0.29, 0.717) is 19.3 Å². The molecule has 0 radical (unpaired) electrons. The van der Waals surface area contributed by atoms with Crippen molar-refractivity contribution in [2.45, 2.75) is 76.3 Å². The van der Waals surface area contributed by atoms with Crippen LogP contribution in [0.2, 0.25) is 0 Å². The third-order valence-corrected chi connectivity index (χ3v) is 5.96. The van der Waals surface area contributed by atoms with Gasteiger partial charge in [0.2, 0.25) is 0 Å². The minimum absolute atomic E-state index is 0.193. The van der Waals surface area contributed by atoms with Gasteiger partial charge in [-0.15, -0.1) is 16.1 Å². The highest BCUT2D eigenvalue weighted by atomic mass is 35.5. The summed E-state index contributed by atoms with van der Waals surface area (Å²) in [5.41, 5.74) is 1.25. The van der Waals surface area contributed by atoms with Crippen LogP contribution in [0.25, 0.3) is 0 Å². The summed E-state index contributed by atoms with van der Waals surface area (Å²) in [7, 11) is 0. The molecular weight excluding hydrogens is 437 g/mol. The number of allylic oxidation sites excluding steroid dienone is 2. The van der Waals surface area contributed by atoms with E-state index in [1.54, 1.807) is 41.5 Å². The lowest BCUT2D eigenvalue weighted by Gasteiger charge is -2.34. The summed E-state index contributed by atoms with van der Waals surface area (Å²) in [4.78, 5) is 26.5. The maximum absolute atomic E-state index is 13.2. The van der Waals surface area contributed by atoms with Gasteiger partial charge in [0, 0.05) is 25.1 Å². The van der Waals surface area contributed by atoms with Crippen molar-refractivity contribution in [3.05, 3.63) is 22.8 Å². The second-order valence-corrected chi connectivity index (χ2v) is 11.4. The summed E-state index contributed by atoms with van der Waals surface area (Å²) in [6.07, 6.45) is 2.13. The van der Waals surface area contributed by atoms with Crippen molar-refractivity contribution in [1.82, 2.24) is 0 Å². The summed E-state index contributed by atoms with van der Waals surface area (Å²) in [5, 5.41) is 0. The van der Waals surface area contributed by atoms with E-state index in [4.69, 9.17) is 44.3 Å². The summed E-state index contributed by atoms with van der Waals surface area (Å²) >= 11 is 19.1. The van der Waals surface area contributed by atoms with Crippen molar-refractivity contribution >= 4 is 47.0 Å². The quantitative estimate of drug-likeness (QED) is 0.326. The Bertz CT molecular complexity index is 714. The highest BCUT2D eigenvalue weighted by Crippen LogP contribution is 2.45. The van der Waals surface area contributed by atoms with Crippen molar-refractivity contribution in [2.24, 2.45) is 0 Å². The van der Waals surface area contributed by atoms with Gasteiger partial charge in [-0.1, -0.05) is 29.3 Å². The van der Waals surface area contributed by atoms with Crippen LogP contribution in [-0.2, 0) is 9.47 Å². The van der Waals surface area contributed by atoms with E-state index in [0.717, 1.165) is 16.7 Å². The maximum Gasteiger partial charge on any atom is 0.527 e. The van der Waals surface area contributed by atoms with Crippen LogP contribution in [0.15, 0.2) is 22.8 Å². The van der Waals surface area contributed by atoms with Gasteiger partial charge in [0.25, 0.3) is 0 Å². The standard InChI is InChI=1S/C21H31Cl3NO4/c1-19(2,3)28-17(26)25(18(27)29-20(4,5)6)11-8-14-7-10-21(23,24)16(13-22)15(14)9-12-25/h7H,8-13H2,1-6H3/q+1. The fourth-order valence-electron chi connectivity index (χ4n) is 3.52. The largest absolute Gasteiger partial charge is 0.527 e. The number of rotatable bonds is 1. The van der Waals surface area contributed by atoms with Gasteiger partial charge in [-0.05, 0) is 58.3 Å². The van der Waals surface area contributed by atoms with Crippen molar-refractivity contribution in [1.29, 1.82) is 0 Å². The topological polar surface area (TPSA) is 52.6 Å². The molecule has 2 amide bonds. The normalized spacial score (nSPS) is 21.6. The van der Waals surface area contributed by atoms with Gasteiger partial charge in [0.15, 0.2) is 0 Å². The molecule has 0 atom stereocenters. The first kappa shape index (κ1) is 24.5. The Morgan fingerprint density at radius 1 is 1.00 bits per heavy atom. The highest BCUT2D eigenvalue weighted by Gasteiger charge is 2.53. The molecule has 8 heteroatoms. The van der Waals surface area contributed by atoms with Crippen molar-refractivity contribution in [3.8, 4) is 0 Å². The molecule has 5 nitrogen and oxygen atoms in total. The molecule has 0 aromatic carbocycles. The zero-order valence-corrected chi connectivity index (χ0v) is 20.3. The smallest absolute Gasteiger partial charge is 0.414 e. The number of amides is 2.